The second-order valence-electron chi connectivity index (χ2n) is 6.13. The van der Waals surface area contributed by atoms with Gasteiger partial charge in [-0.25, -0.2) is 4.98 Å². The minimum Gasteiger partial charge on any atom is -0.357 e. The Balaban J connectivity index is 1.51. The number of aromatic nitrogens is 3. The maximum atomic E-state index is 12.6. The van der Waals surface area contributed by atoms with Gasteiger partial charge < -0.3 is 10.2 Å². The standard InChI is InChI=1S/C17H18F3N5OS2/c1-2-9-27-16-24-23-15(28-16)22-14(26)11-5-7-25(8-6-11)13-4-3-12(10-21-13)17(18,19)20/h2-4,10-11H,1,5-9H2,(H,22,23,26). The van der Waals surface area contributed by atoms with E-state index in [1.807, 2.05) is 4.90 Å². The van der Waals surface area contributed by atoms with E-state index in [2.05, 4.69) is 27.1 Å². The summed E-state index contributed by atoms with van der Waals surface area (Å²) in [6.45, 7) is 4.74. The molecule has 0 aromatic carbocycles. The highest BCUT2D eigenvalue weighted by Crippen LogP contribution is 2.31. The molecule has 3 rings (SSSR count). The van der Waals surface area contributed by atoms with Crippen LogP contribution in [0.2, 0.25) is 0 Å². The van der Waals surface area contributed by atoms with Crippen LogP contribution in [-0.2, 0) is 11.0 Å². The minimum atomic E-state index is -4.40. The number of thioether (sulfide) groups is 1. The number of alkyl halides is 3. The van der Waals surface area contributed by atoms with Crippen molar-refractivity contribution in [2.45, 2.75) is 23.4 Å². The Hall–Kier alpha value is -2.14. The van der Waals surface area contributed by atoms with Crippen molar-refractivity contribution in [2.75, 3.05) is 29.1 Å². The average Bonchev–Trinajstić information content (AvgIpc) is 3.13. The Labute approximate surface area is 168 Å². The lowest BCUT2D eigenvalue weighted by Crippen LogP contribution is -2.38. The highest BCUT2D eigenvalue weighted by atomic mass is 32.2. The summed E-state index contributed by atoms with van der Waals surface area (Å²) >= 11 is 2.81. The molecule has 0 spiro atoms. The van der Waals surface area contributed by atoms with Gasteiger partial charge >= 0.3 is 6.18 Å². The highest BCUT2D eigenvalue weighted by molar-refractivity contribution is 8.01. The SMILES string of the molecule is C=CCSc1nnc(NC(=O)C2CCN(c3ccc(C(F)(F)F)cn3)CC2)s1. The van der Waals surface area contributed by atoms with Gasteiger partial charge in [-0.1, -0.05) is 29.2 Å². The normalized spacial score (nSPS) is 15.5. The van der Waals surface area contributed by atoms with Crippen LogP contribution in [0.1, 0.15) is 18.4 Å². The Morgan fingerprint density at radius 1 is 1.36 bits per heavy atom. The molecule has 3 heterocycles. The lowest BCUT2D eigenvalue weighted by atomic mass is 9.96. The number of amides is 1. The topological polar surface area (TPSA) is 71.0 Å². The third-order valence-electron chi connectivity index (χ3n) is 4.23. The first-order valence-electron chi connectivity index (χ1n) is 8.53. The van der Waals surface area contributed by atoms with Crippen LogP contribution in [0, 0.1) is 5.92 Å². The maximum Gasteiger partial charge on any atom is 0.417 e. The zero-order valence-corrected chi connectivity index (χ0v) is 16.4. The van der Waals surface area contributed by atoms with E-state index >= 15 is 0 Å². The molecule has 28 heavy (non-hydrogen) atoms. The molecule has 0 atom stereocenters. The molecule has 0 radical (unpaired) electrons. The first-order chi connectivity index (χ1) is 13.4. The van der Waals surface area contributed by atoms with Crippen molar-refractivity contribution >= 4 is 40.0 Å². The van der Waals surface area contributed by atoms with Crippen LogP contribution >= 0.6 is 23.1 Å². The van der Waals surface area contributed by atoms with Gasteiger partial charge in [0.05, 0.1) is 5.56 Å². The van der Waals surface area contributed by atoms with E-state index < -0.39 is 11.7 Å². The van der Waals surface area contributed by atoms with Crippen LogP contribution in [0.3, 0.4) is 0 Å². The molecule has 0 aliphatic carbocycles. The molecule has 1 amide bonds. The number of halogens is 3. The third-order valence-corrected chi connectivity index (χ3v) is 6.19. The molecule has 1 saturated heterocycles. The maximum absolute atomic E-state index is 12.6. The van der Waals surface area contributed by atoms with E-state index in [0.717, 1.165) is 22.4 Å². The molecule has 6 nitrogen and oxygen atoms in total. The van der Waals surface area contributed by atoms with Crippen LogP contribution in [-0.4, -0.2) is 39.9 Å². The summed E-state index contributed by atoms with van der Waals surface area (Å²) in [7, 11) is 0. The molecular weight excluding hydrogens is 411 g/mol. The summed E-state index contributed by atoms with van der Waals surface area (Å²) in [4.78, 5) is 18.2. The van der Waals surface area contributed by atoms with Gasteiger partial charge in [0.15, 0.2) is 4.34 Å². The zero-order chi connectivity index (χ0) is 20.1. The largest absolute Gasteiger partial charge is 0.417 e. The van der Waals surface area contributed by atoms with Crippen molar-refractivity contribution in [1.82, 2.24) is 15.2 Å². The Bertz CT molecular complexity index is 817. The smallest absolute Gasteiger partial charge is 0.357 e. The van der Waals surface area contributed by atoms with E-state index in [-0.39, 0.29) is 11.8 Å². The molecule has 0 saturated carbocycles. The fraction of sp³-hybridized carbons (Fsp3) is 0.412. The number of hydrogen-bond acceptors (Lipinski definition) is 7. The lowest BCUT2D eigenvalue weighted by Gasteiger charge is -2.32. The van der Waals surface area contributed by atoms with E-state index in [9.17, 15) is 18.0 Å². The van der Waals surface area contributed by atoms with Crippen molar-refractivity contribution in [3.8, 4) is 0 Å². The summed E-state index contributed by atoms with van der Waals surface area (Å²) in [5, 5.41) is 11.2. The number of carbonyl (C=O) groups is 1. The number of carbonyl (C=O) groups excluding carboxylic acids is 1. The molecule has 0 bridgehead atoms. The molecular formula is C17H18F3N5OS2. The first kappa shape index (κ1) is 20.6. The molecule has 0 unspecified atom stereocenters. The fourth-order valence-electron chi connectivity index (χ4n) is 2.77. The van der Waals surface area contributed by atoms with Crippen LogP contribution in [0.4, 0.5) is 24.1 Å². The highest BCUT2D eigenvalue weighted by Gasteiger charge is 2.31. The van der Waals surface area contributed by atoms with Crippen LogP contribution in [0.5, 0.6) is 0 Å². The predicted octanol–water partition coefficient (Wildman–Crippen LogP) is 4.09. The first-order valence-corrected chi connectivity index (χ1v) is 10.3. The van der Waals surface area contributed by atoms with Gasteiger partial charge in [-0.05, 0) is 25.0 Å². The van der Waals surface area contributed by atoms with Gasteiger partial charge in [-0.3, -0.25) is 4.79 Å². The predicted molar refractivity (Wildman–Crippen MR) is 104 cm³/mol. The second-order valence-corrected chi connectivity index (χ2v) is 8.37. The lowest BCUT2D eigenvalue weighted by molar-refractivity contribution is -0.137. The molecule has 11 heteroatoms. The summed E-state index contributed by atoms with van der Waals surface area (Å²) < 4.78 is 38.7. The van der Waals surface area contributed by atoms with Gasteiger partial charge in [0, 0.05) is 31.0 Å². The third kappa shape index (κ3) is 5.22. The number of pyridine rings is 1. The van der Waals surface area contributed by atoms with Crippen LogP contribution in [0.15, 0.2) is 35.3 Å². The fourth-order valence-corrected chi connectivity index (χ4v) is 4.28. The molecule has 1 aliphatic rings. The zero-order valence-electron chi connectivity index (χ0n) is 14.8. The number of piperidine rings is 1. The van der Waals surface area contributed by atoms with Gasteiger partial charge in [0.2, 0.25) is 11.0 Å². The molecule has 1 fully saturated rings. The Morgan fingerprint density at radius 2 is 2.11 bits per heavy atom. The number of nitrogens with one attached hydrogen (secondary N) is 1. The van der Waals surface area contributed by atoms with E-state index in [0.29, 0.717) is 36.9 Å². The van der Waals surface area contributed by atoms with E-state index in [1.54, 1.807) is 6.08 Å². The molecule has 1 N–H and O–H groups in total. The van der Waals surface area contributed by atoms with Crippen molar-refractivity contribution in [1.29, 1.82) is 0 Å². The number of hydrogen-bond donors (Lipinski definition) is 1. The summed E-state index contributed by atoms with van der Waals surface area (Å²) in [5.74, 6) is 0.911. The Kier molecular flexibility index (Phi) is 6.55. The van der Waals surface area contributed by atoms with E-state index in [4.69, 9.17) is 0 Å². The van der Waals surface area contributed by atoms with Crippen molar-refractivity contribution < 1.29 is 18.0 Å². The number of nitrogens with zero attached hydrogens (tertiary/aromatic N) is 4. The molecule has 150 valence electrons. The number of rotatable bonds is 6. The van der Waals surface area contributed by atoms with Crippen molar-refractivity contribution in [3.05, 3.63) is 36.5 Å². The summed E-state index contributed by atoms with van der Waals surface area (Å²) in [6.07, 6.45) is -0.614. The molecule has 1 aliphatic heterocycles. The molecule has 2 aromatic rings. The van der Waals surface area contributed by atoms with Crippen LogP contribution < -0.4 is 10.2 Å². The van der Waals surface area contributed by atoms with Crippen LogP contribution in [0.25, 0.3) is 0 Å². The summed E-state index contributed by atoms with van der Waals surface area (Å²) in [5.41, 5.74) is -0.770. The van der Waals surface area contributed by atoms with E-state index in [1.165, 1.54) is 29.2 Å². The summed E-state index contributed by atoms with van der Waals surface area (Å²) in [6, 6.07) is 2.39. The minimum absolute atomic E-state index is 0.114. The van der Waals surface area contributed by atoms with Gasteiger partial charge in [-0.2, -0.15) is 13.2 Å². The number of anilines is 2. The monoisotopic (exact) mass is 429 g/mol. The second kappa shape index (κ2) is 8.91. The average molecular weight is 429 g/mol. The Morgan fingerprint density at radius 3 is 2.71 bits per heavy atom. The molecule has 2 aromatic heterocycles. The van der Waals surface area contributed by atoms with Gasteiger partial charge in [-0.15, -0.1) is 16.8 Å². The van der Waals surface area contributed by atoms with Gasteiger partial charge in [0.25, 0.3) is 0 Å². The van der Waals surface area contributed by atoms with Crippen molar-refractivity contribution in [3.63, 3.8) is 0 Å². The quantitative estimate of drug-likeness (QED) is 0.424. The van der Waals surface area contributed by atoms with Gasteiger partial charge in [0.1, 0.15) is 5.82 Å². The van der Waals surface area contributed by atoms with Crippen molar-refractivity contribution in [2.24, 2.45) is 5.92 Å².